The Morgan fingerprint density at radius 1 is 1.10 bits per heavy atom. The molecule has 102 valence electrons. The van der Waals surface area contributed by atoms with Gasteiger partial charge in [0.25, 0.3) is 0 Å². The Labute approximate surface area is 128 Å². The Kier molecular flexibility index (Phi) is 3.64. The molecule has 2 N–H and O–H groups in total. The zero-order chi connectivity index (χ0) is 14.1. The van der Waals surface area contributed by atoms with Crippen LogP contribution in [0.5, 0.6) is 11.5 Å². The third-order valence-corrected chi connectivity index (χ3v) is 4.05. The van der Waals surface area contributed by atoms with Crippen LogP contribution in [0.2, 0.25) is 5.02 Å². The fourth-order valence-electron chi connectivity index (χ4n) is 2.48. The van der Waals surface area contributed by atoms with Crippen LogP contribution < -0.4 is 10.5 Å². The second-order valence-electron chi connectivity index (χ2n) is 4.90. The highest BCUT2D eigenvalue weighted by atomic mass is 35.5. The SMILES string of the molecule is NC(=S)c1ccc(Oc2ccc3c(c2)CCC3)c(Cl)c1. The summed E-state index contributed by atoms with van der Waals surface area (Å²) in [4.78, 5) is 0.330. The smallest absolute Gasteiger partial charge is 0.146 e. The van der Waals surface area contributed by atoms with E-state index in [0.29, 0.717) is 15.8 Å². The number of fused-ring (bicyclic) bond motifs is 1. The molecule has 0 aromatic heterocycles. The van der Waals surface area contributed by atoms with Crippen molar-refractivity contribution in [2.24, 2.45) is 5.73 Å². The summed E-state index contributed by atoms with van der Waals surface area (Å²) < 4.78 is 5.85. The molecule has 0 fully saturated rings. The van der Waals surface area contributed by atoms with E-state index in [1.165, 1.54) is 24.0 Å². The lowest BCUT2D eigenvalue weighted by Crippen LogP contribution is -2.08. The molecule has 2 aromatic carbocycles. The number of hydrogen-bond donors (Lipinski definition) is 1. The second kappa shape index (κ2) is 5.43. The zero-order valence-electron chi connectivity index (χ0n) is 10.9. The van der Waals surface area contributed by atoms with Crippen LogP contribution in [-0.4, -0.2) is 4.99 Å². The molecule has 2 aromatic rings. The Bertz CT molecular complexity index is 684. The molecule has 0 heterocycles. The Hall–Kier alpha value is -1.58. The molecule has 0 amide bonds. The largest absolute Gasteiger partial charge is 0.456 e. The van der Waals surface area contributed by atoms with E-state index in [1.807, 2.05) is 12.1 Å². The van der Waals surface area contributed by atoms with E-state index in [-0.39, 0.29) is 0 Å². The molecular weight excluding hydrogens is 290 g/mol. The van der Waals surface area contributed by atoms with E-state index < -0.39 is 0 Å². The molecule has 3 rings (SSSR count). The van der Waals surface area contributed by atoms with Crippen LogP contribution >= 0.6 is 23.8 Å². The maximum Gasteiger partial charge on any atom is 0.146 e. The molecule has 0 unspecified atom stereocenters. The predicted octanol–water partition coefficient (Wildman–Crippen LogP) is 4.26. The molecule has 1 aliphatic carbocycles. The van der Waals surface area contributed by atoms with E-state index in [2.05, 4.69) is 12.1 Å². The van der Waals surface area contributed by atoms with E-state index in [9.17, 15) is 0 Å². The lowest BCUT2D eigenvalue weighted by molar-refractivity contribution is 0.482. The van der Waals surface area contributed by atoms with Crippen molar-refractivity contribution in [1.29, 1.82) is 0 Å². The minimum absolute atomic E-state index is 0.330. The van der Waals surface area contributed by atoms with Crippen molar-refractivity contribution >= 4 is 28.8 Å². The van der Waals surface area contributed by atoms with Crippen molar-refractivity contribution in [2.45, 2.75) is 19.3 Å². The molecule has 20 heavy (non-hydrogen) atoms. The first-order valence-electron chi connectivity index (χ1n) is 6.52. The topological polar surface area (TPSA) is 35.2 Å². The molecule has 0 radical (unpaired) electrons. The van der Waals surface area contributed by atoms with E-state index in [0.717, 1.165) is 17.7 Å². The van der Waals surface area contributed by atoms with E-state index in [4.69, 9.17) is 34.3 Å². The fourth-order valence-corrected chi connectivity index (χ4v) is 2.82. The molecular formula is C16H14ClNOS. The van der Waals surface area contributed by atoms with Crippen LogP contribution in [0.25, 0.3) is 0 Å². The fraction of sp³-hybridized carbons (Fsp3) is 0.188. The quantitative estimate of drug-likeness (QED) is 0.861. The molecule has 0 saturated heterocycles. The molecule has 4 heteroatoms. The third-order valence-electron chi connectivity index (χ3n) is 3.51. The van der Waals surface area contributed by atoms with Gasteiger partial charge >= 0.3 is 0 Å². The zero-order valence-corrected chi connectivity index (χ0v) is 12.4. The summed E-state index contributed by atoms with van der Waals surface area (Å²) in [6.07, 6.45) is 3.52. The van der Waals surface area contributed by atoms with Crippen molar-refractivity contribution < 1.29 is 4.74 Å². The number of aryl methyl sites for hydroxylation is 2. The van der Waals surface area contributed by atoms with Gasteiger partial charge in [-0.15, -0.1) is 0 Å². The summed E-state index contributed by atoms with van der Waals surface area (Å²) in [5.41, 5.74) is 9.12. The summed E-state index contributed by atoms with van der Waals surface area (Å²) in [5, 5.41) is 0.510. The van der Waals surface area contributed by atoms with Gasteiger partial charge in [0.1, 0.15) is 16.5 Å². The molecule has 2 nitrogen and oxygen atoms in total. The highest BCUT2D eigenvalue weighted by molar-refractivity contribution is 7.80. The number of ether oxygens (including phenoxy) is 1. The molecule has 0 atom stereocenters. The molecule has 1 aliphatic rings. The van der Waals surface area contributed by atoms with Crippen molar-refractivity contribution in [3.8, 4) is 11.5 Å². The number of nitrogens with two attached hydrogens (primary N) is 1. The summed E-state index contributed by atoms with van der Waals surface area (Å²) in [6.45, 7) is 0. The van der Waals surface area contributed by atoms with Gasteiger partial charge in [-0.25, -0.2) is 0 Å². The van der Waals surface area contributed by atoms with E-state index >= 15 is 0 Å². The first-order chi connectivity index (χ1) is 9.63. The number of thiocarbonyl (C=S) groups is 1. The lowest BCUT2D eigenvalue weighted by Gasteiger charge is -2.10. The summed E-state index contributed by atoms with van der Waals surface area (Å²) in [7, 11) is 0. The first-order valence-corrected chi connectivity index (χ1v) is 7.31. The highest BCUT2D eigenvalue weighted by Crippen LogP contribution is 2.32. The maximum absolute atomic E-state index is 6.20. The van der Waals surface area contributed by atoms with Gasteiger partial charge < -0.3 is 10.5 Å². The lowest BCUT2D eigenvalue weighted by atomic mass is 10.1. The standard InChI is InChI=1S/C16H14ClNOS/c17-14-9-12(16(18)20)5-7-15(14)19-13-6-4-10-2-1-3-11(10)8-13/h4-9H,1-3H2,(H2,18,20). The minimum atomic E-state index is 0.330. The van der Waals surface area contributed by atoms with Crippen molar-refractivity contribution in [3.05, 3.63) is 58.1 Å². The monoisotopic (exact) mass is 303 g/mol. The summed E-state index contributed by atoms with van der Waals surface area (Å²) >= 11 is 11.1. The highest BCUT2D eigenvalue weighted by Gasteiger charge is 2.12. The number of rotatable bonds is 3. The van der Waals surface area contributed by atoms with Gasteiger partial charge in [-0.3, -0.25) is 0 Å². The summed E-state index contributed by atoms with van der Waals surface area (Å²) in [6, 6.07) is 11.6. The summed E-state index contributed by atoms with van der Waals surface area (Å²) in [5.74, 6) is 1.43. The minimum Gasteiger partial charge on any atom is -0.456 e. The molecule has 0 bridgehead atoms. The molecule has 0 saturated carbocycles. The first kappa shape index (κ1) is 13.4. The van der Waals surface area contributed by atoms with Crippen LogP contribution in [0.15, 0.2) is 36.4 Å². The molecule has 0 aliphatic heterocycles. The van der Waals surface area contributed by atoms with Gasteiger partial charge in [-0.1, -0.05) is 29.9 Å². The van der Waals surface area contributed by atoms with Crippen LogP contribution in [0, 0.1) is 0 Å². The van der Waals surface area contributed by atoms with Gasteiger partial charge in [0.05, 0.1) is 5.02 Å². The second-order valence-corrected chi connectivity index (χ2v) is 5.74. The number of benzene rings is 2. The van der Waals surface area contributed by atoms with Crippen molar-refractivity contribution in [2.75, 3.05) is 0 Å². The van der Waals surface area contributed by atoms with Crippen LogP contribution in [-0.2, 0) is 12.8 Å². The van der Waals surface area contributed by atoms with Gasteiger partial charge in [-0.05, 0) is 60.7 Å². The maximum atomic E-state index is 6.20. The Morgan fingerprint density at radius 3 is 2.65 bits per heavy atom. The average Bonchev–Trinajstić information content (AvgIpc) is 2.88. The van der Waals surface area contributed by atoms with E-state index in [1.54, 1.807) is 12.1 Å². The Morgan fingerprint density at radius 2 is 1.90 bits per heavy atom. The van der Waals surface area contributed by atoms with Gasteiger partial charge in [-0.2, -0.15) is 0 Å². The van der Waals surface area contributed by atoms with Crippen molar-refractivity contribution in [1.82, 2.24) is 0 Å². The molecule has 0 spiro atoms. The van der Waals surface area contributed by atoms with Crippen LogP contribution in [0.1, 0.15) is 23.1 Å². The average molecular weight is 304 g/mol. The third kappa shape index (κ3) is 2.65. The number of halogens is 1. The van der Waals surface area contributed by atoms with Gasteiger partial charge in [0, 0.05) is 5.56 Å². The Balaban J connectivity index is 1.86. The van der Waals surface area contributed by atoms with Crippen molar-refractivity contribution in [3.63, 3.8) is 0 Å². The number of hydrogen-bond acceptors (Lipinski definition) is 2. The normalized spacial score (nSPS) is 13.1. The predicted molar refractivity (Wildman–Crippen MR) is 85.9 cm³/mol. The van der Waals surface area contributed by atoms with Gasteiger partial charge in [0.2, 0.25) is 0 Å². The van der Waals surface area contributed by atoms with Crippen LogP contribution in [0.4, 0.5) is 0 Å². The van der Waals surface area contributed by atoms with Crippen LogP contribution in [0.3, 0.4) is 0 Å². The van der Waals surface area contributed by atoms with Gasteiger partial charge in [0.15, 0.2) is 0 Å².